The molecule has 74 valence electrons. The Morgan fingerprint density at radius 3 is 2.92 bits per heavy atom. The topological polar surface area (TPSA) is 43.8 Å². The molecule has 0 aliphatic carbocycles. The third-order valence-electron chi connectivity index (χ3n) is 2.15. The molecule has 1 aromatic rings. The van der Waals surface area contributed by atoms with Crippen molar-refractivity contribution in [1.82, 2.24) is 9.55 Å². The van der Waals surface area contributed by atoms with E-state index in [0.29, 0.717) is 6.54 Å². The molecule has 0 aliphatic heterocycles. The van der Waals surface area contributed by atoms with Crippen molar-refractivity contribution >= 4 is 0 Å². The quantitative estimate of drug-likeness (QED) is 0.746. The molecule has 0 atom stereocenters. The number of aryl methyl sites for hydroxylation is 1. The first-order valence-corrected chi connectivity index (χ1v) is 4.93. The SMILES string of the molecule is CC(C)CCn1cncc1CCN. The Balaban J connectivity index is 2.49. The van der Waals surface area contributed by atoms with E-state index in [0.717, 1.165) is 18.9 Å². The zero-order valence-electron chi connectivity index (χ0n) is 8.53. The van der Waals surface area contributed by atoms with Gasteiger partial charge in [0.2, 0.25) is 0 Å². The van der Waals surface area contributed by atoms with Crippen LogP contribution in [0.4, 0.5) is 0 Å². The largest absolute Gasteiger partial charge is 0.335 e. The molecule has 0 spiro atoms. The zero-order valence-corrected chi connectivity index (χ0v) is 8.53. The fourth-order valence-electron chi connectivity index (χ4n) is 1.30. The number of hydrogen-bond acceptors (Lipinski definition) is 2. The summed E-state index contributed by atoms with van der Waals surface area (Å²) < 4.78 is 2.20. The van der Waals surface area contributed by atoms with E-state index < -0.39 is 0 Å². The molecule has 0 radical (unpaired) electrons. The number of aromatic nitrogens is 2. The van der Waals surface area contributed by atoms with Crippen LogP contribution in [-0.4, -0.2) is 16.1 Å². The number of rotatable bonds is 5. The summed E-state index contributed by atoms with van der Waals surface area (Å²) in [6.07, 6.45) is 5.94. The fourth-order valence-corrected chi connectivity index (χ4v) is 1.30. The maximum Gasteiger partial charge on any atom is 0.0948 e. The summed E-state index contributed by atoms with van der Waals surface area (Å²) in [5.74, 6) is 0.744. The van der Waals surface area contributed by atoms with E-state index in [4.69, 9.17) is 5.73 Å². The average Bonchev–Trinajstić information content (AvgIpc) is 2.49. The molecule has 2 N–H and O–H groups in total. The first-order valence-electron chi connectivity index (χ1n) is 4.93. The maximum absolute atomic E-state index is 5.50. The molecule has 0 unspecified atom stereocenters. The van der Waals surface area contributed by atoms with E-state index in [1.807, 2.05) is 12.5 Å². The minimum atomic E-state index is 0.702. The van der Waals surface area contributed by atoms with Gasteiger partial charge in [-0.15, -0.1) is 0 Å². The standard InChI is InChI=1S/C10H19N3/c1-9(2)4-6-13-8-12-7-10(13)3-5-11/h7-9H,3-6,11H2,1-2H3. The number of hydrogen-bond donors (Lipinski definition) is 1. The molecule has 0 fully saturated rings. The smallest absolute Gasteiger partial charge is 0.0948 e. The van der Waals surface area contributed by atoms with Crippen molar-refractivity contribution in [2.45, 2.75) is 33.2 Å². The second-order valence-corrected chi connectivity index (χ2v) is 3.80. The van der Waals surface area contributed by atoms with Gasteiger partial charge in [-0.05, 0) is 18.9 Å². The van der Waals surface area contributed by atoms with Crippen LogP contribution in [0.25, 0.3) is 0 Å². The van der Waals surface area contributed by atoms with Crippen molar-refractivity contribution in [3.8, 4) is 0 Å². The van der Waals surface area contributed by atoms with Gasteiger partial charge in [0.25, 0.3) is 0 Å². The molecule has 0 bridgehead atoms. The molecule has 0 saturated carbocycles. The van der Waals surface area contributed by atoms with Gasteiger partial charge in [0.05, 0.1) is 6.33 Å². The van der Waals surface area contributed by atoms with Gasteiger partial charge in [-0.2, -0.15) is 0 Å². The van der Waals surface area contributed by atoms with Crippen LogP contribution in [-0.2, 0) is 13.0 Å². The molecule has 0 amide bonds. The van der Waals surface area contributed by atoms with Gasteiger partial charge >= 0.3 is 0 Å². The molecule has 13 heavy (non-hydrogen) atoms. The van der Waals surface area contributed by atoms with Crippen LogP contribution in [0.3, 0.4) is 0 Å². The van der Waals surface area contributed by atoms with Crippen LogP contribution >= 0.6 is 0 Å². The normalized spacial score (nSPS) is 11.1. The summed E-state index contributed by atoms with van der Waals surface area (Å²) in [5, 5.41) is 0. The van der Waals surface area contributed by atoms with E-state index >= 15 is 0 Å². The summed E-state index contributed by atoms with van der Waals surface area (Å²) in [6.45, 7) is 6.24. The van der Waals surface area contributed by atoms with E-state index in [-0.39, 0.29) is 0 Å². The third-order valence-corrected chi connectivity index (χ3v) is 2.15. The van der Waals surface area contributed by atoms with Crippen LogP contribution < -0.4 is 5.73 Å². The Hall–Kier alpha value is -0.830. The fraction of sp³-hybridized carbons (Fsp3) is 0.700. The lowest BCUT2D eigenvalue weighted by Gasteiger charge is -2.08. The maximum atomic E-state index is 5.50. The van der Waals surface area contributed by atoms with E-state index in [1.54, 1.807) is 0 Å². The van der Waals surface area contributed by atoms with Crippen molar-refractivity contribution in [1.29, 1.82) is 0 Å². The number of nitrogens with zero attached hydrogens (tertiary/aromatic N) is 2. The van der Waals surface area contributed by atoms with Gasteiger partial charge in [0.1, 0.15) is 0 Å². The number of nitrogens with two attached hydrogens (primary N) is 1. The predicted octanol–water partition coefficient (Wildman–Crippen LogP) is 1.43. The molecule has 0 saturated heterocycles. The zero-order chi connectivity index (χ0) is 9.68. The third kappa shape index (κ3) is 3.19. The molecule has 1 heterocycles. The van der Waals surface area contributed by atoms with Gasteiger partial charge in [-0.25, -0.2) is 4.98 Å². The van der Waals surface area contributed by atoms with Gasteiger partial charge in [0, 0.05) is 24.9 Å². The molecular formula is C10H19N3. The molecule has 1 aromatic heterocycles. The molecule has 0 aliphatic rings. The number of imidazole rings is 1. The molecule has 1 rings (SSSR count). The van der Waals surface area contributed by atoms with Crippen molar-refractivity contribution < 1.29 is 0 Å². The van der Waals surface area contributed by atoms with Crippen molar-refractivity contribution in [2.75, 3.05) is 6.54 Å². The van der Waals surface area contributed by atoms with Crippen LogP contribution in [0, 0.1) is 5.92 Å². The Morgan fingerprint density at radius 2 is 2.31 bits per heavy atom. The first-order chi connectivity index (χ1) is 6.24. The molecule has 3 heteroatoms. The lowest BCUT2D eigenvalue weighted by atomic mass is 10.1. The van der Waals surface area contributed by atoms with Gasteiger partial charge in [-0.3, -0.25) is 0 Å². The lowest BCUT2D eigenvalue weighted by Crippen LogP contribution is -2.09. The Labute approximate surface area is 80.0 Å². The van der Waals surface area contributed by atoms with Crippen molar-refractivity contribution in [3.63, 3.8) is 0 Å². The highest BCUT2D eigenvalue weighted by atomic mass is 15.0. The van der Waals surface area contributed by atoms with Crippen LogP contribution in [0.2, 0.25) is 0 Å². The van der Waals surface area contributed by atoms with Crippen LogP contribution in [0.1, 0.15) is 26.0 Å². The highest BCUT2D eigenvalue weighted by Gasteiger charge is 2.01. The highest BCUT2D eigenvalue weighted by molar-refractivity contribution is 4.98. The minimum absolute atomic E-state index is 0.702. The van der Waals surface area contributed by atoms with Crippen LogP contribution in [0.15, 0.2) is 12.5 Å². The summed E-state index contributed by atoms with van der Waals surface area (Å²) >= 11 is 0. The molecule has 0 aromatic carbocycles. The van der Waals surface area contributed by atoms with Crippen molar-refractivity contribution in [3.05, 3.63) is 18.2 Å². The Morgan fingerprint density at radius 1 is 1.54 bits per heavy atom. The average molecular weight is 181 g/mol. The molecule has 3 nitrogen and oxygen atoms in total. The van der Waals surface area contributed by atoms with Gasteiger partial charge < -0.3 is 10.3 Å². The monoisotopic (exact) mass is 181 g/mol. The summed E-state index contributed by atoms with van der Waals surface area (Å²) in [6, 6.07) is 0. The van der Waals surface area contributed by atoms with Gasteiger partial charge in [-0.1, -0.05) is 13.8 Å². The Bertz CT molecular complexity index is 240. The van der Waals surface area contributed by atoms with E-state index in [2.05, 4.69) is 23.4 Å². The first kappa shape index (κ1) is 10.3. The minimum Gasteiger partial charge on any atom is -0.335 e. The Kier molecular flexibility index (Phi) is 3.96. The molecular weight excluding hydrogens is 162 g/mol. The summed E-state index contributed by atoms with van der Waals surface area (Å²) in [4.78, 5) is 4.13. The van der Waals surface area contributed by atoms with Gasteiger partial charge in [0.15, 0.2) is 0 Å². The van der Waals surface area contributed by atoms with Crippen molar-refractivity contribution in [2.24, 2.45) is 11.7 Å². The van der Waals surface area contributed by atoms with E-state index in [9.17, 15) is 0 Å². The summed E-state index contributed by atoms with van der Waals surface area (Å²) in [7, 11) is 0. The second kappa shape index (κ2) is 5.02. The lowest BCUT2D eigenvalue weighted by molar-refractivity contribution is 0.507. The second-order valence-electron chi connectivity index (χ2n) is 3.80. The summed E-state index contributed by atoms with van der Waals surface area (Å²) in [5.41, 5.74) is 6.76. The van der Waals surface area contributed by atoms with Crippen LogP contribution in [0.5, 0.6) is 0 Å². The predicted molar refractivity (Wildman–Crippen MR) is 54.4 cm³/mol. The van der Waals surface area contributed by atoms with E-state index in [1.165, 1.54) is 12.1 Å². The highest BCUT2D eigenvalue weighted by Crippen LogP contribution is 2.06.